The number of rotatable bonds is 4. The van der Waals surface area contributed by atoms with Gasteiger partial charge in [-0.2, -0.15) is 4.31 Å². The number of nitrogens with zero attached hydrogens (tertiary/aromatic N) is 1. The van der Waals surface area contributed by atoms with Crippen LogP contribution in [-0.4, -0.2) is 44.7 Å². The average molecular weight is 408 g/mol. The van der Waals surface area contributed by atoms with Crippen LogP contribution < -0.4 is 0 Å². The molecule has 0 amide bonds. The summed E-state index contributed by atoms with van der Waals surface area (Å²) in [5, 5.41) is 0. The highest BCUT2D eigenvalue weighted by atomic mass is 79.9. The van der Waals surface area contributed by atoms with E-state index >= 15 is 0 Å². The highest BCUT2D eigenvalue weighted by Gasteiger charge is 2.46. The first-order valence-corrected chi connectivity index (χ1v) is 11.3. The highest BCUT2D eigenvalue weighted by Crippen LogP contribution is 2.38. The lowest BCUT2D eigenvalue weighted by molar-refractivity contribution is 0.332. The van der Waals surface area contributed by atoms with Gasteiger partial charge in [-0.15, -0.1) is 0 Å². The van der Waals surface area contributed by atoms with Crippen LogP contribution in [0.15, 0.2) is 27.6 Å². The molecule has 0 N–H and O–H groups in total. The van der Waals surface area contributed by atoms with E-state index in [0.29, 0.717) is 10.9 Å². The van der Waals surface area contributed by atoms with Crippen molar-refractivity contribution in [2.24, 2.45) is 0 Å². The van der Waals surface area contributed by atoms with E-state index in [2.05, 4.69) is 15.9 Å². The number of sulfonamides is 1. The van der Waals surface area contributed by atoms with Crippen LogP contribution in [0.5, 0.6) is 0 Å². The summed E-state index contributed by atoms with van der Waals surface area (Å²) in [5.41, 5.74) is 0.965. The van der Waals surface area contributed by atoms with Gasteiger partial charge in [-0.1, -0.05) is 6.07 Å². The van der Waals surface area contributed by atoms with Gasteiger partial charge in [0, 0.05) is 16.6 Å². The summed E-state index contributed by atoms with van der Waals surface area (Å²) in [6.07, 6.45) is 2.00. The van der Waals surface area contributed by atoms with E-state index in [1.54, 1.807) is 18.2 Å². The Labute approximate surface area is 139 Å². The van der Waals surface area contributed by atoms with Gasteiger partial charge >= 0.3 is 0 Å². The predicted molar refractivity (Wildman–Crippen MR) is 88.0 cm³/mol. The summed E-state index contributed by atoms with van der Waals surface area (Å²) < 4.78 is 51.5. The Balaban J connectivity index is 2.01. The van der Waals surface area contributed by atoms with E-state index in [-0.39, 0.29) is 22.4 Å². The predicted octanol–water partition coefficient (Wildman–Crippen LogP) is 2.10. The van der Waals surface area contributed by atoms with Crippen molar-refractivity contribution < 1.29 is 16.8 Å². The standard InChI is InChI=1S/C14H18BrNO4S2/c1-10-2-5-14(13(15)8-10)22(19,20)16(11-3-4-11)12-6-7-21(17,18)9-12/h2,5,8,11-12H,3-4,6-7,9H2,1H3/t12-/m1/s1. The van der Waals surface area contributed by atoms with E-state index in [1.165, 1.54) is 4.31 Å². The largest absolute Gasteiger partial charge is 0.244 e. The molecular weight excluding hydrogens is 390 g/mol. The molecule has 2 fully saturated rings. The van der Waals surface area contributed by atoms with Gasteiger partial charge in [0.1, 0.15) is 0 Å². The normalized spacial score (nSPS) is 24.8. The summed E-state index contributed by atoms with van der Waals surface area (Å²) in [7, 11) is -6.82. The van der Waals surface area contributed by atoms with Crippen LogP contribution in [0.3, 0.4) is 0 Å². The Morgan fingerprint density at radius 2 is 1.86 bits per heavy atom. The van der Waals surface area contributed by atoms with Crippen molar-refractivity contribution >= 4 is 35.8 Å². The van der Waals surface area contributed by atoms with Gasteiger partial charge in [0.15, 0.2) is 9.84 Å². The van der Waals surface area contributed by atoms with Gasteiger partial charge in [-0.25, -0.2) is 16.8 Å². The zero-order chi connectivity index (χ0) is 16.1. The van der Waals surface area contributed by atoms with E-state index in [4.69, 9.17) is 0 Å². The molecule has 0 aromatic heterocycles. The fourth-order valence-electron chi connectivity index (χ4n) is 2.92. The molecular formula is C14H18BrNO4S2. The molecule has 0 radical (unpaired) electrons. The number of hydrogen-bond donors (Lipinski definition) is 0. The third-order valence-electron chi connectivity index (χ3n) is 4.12. The average Bonchev–Trinajstić information content (AvgIpc) is 3.13. The number of sulfone groups is 1. The van der Waals surface area contributed by atoms with Gasteiger partial charge in [-0.05, 0) is 59.8 Å². The van der Waals surface area contributed by atoms with Crippen LogP contribution in [0.1, 0.15) is 24.8 Å². The number of hydrogen-bond acceptors (Lipinski definition) is 4. The second-order valence-corrected chi connectivity index (χ2v) is 11.0. The lowest BCUT2D eigenvalue weighted by atomic mass is 10.2. The number of halogens is 1. The molecule has 122 valence electrons. The Morgan fingerprint density at radius 3 is 2.36 bits per heavy atom. The highest BCUT2D eigenvalue weighted by molar-refractivity contribution is 9.10. The van der Waals surface area contributed by atoms with Crippen LogP contribution in [0.2, 0.25) is 0 Å². The van der Waals surface area contributed by atoms with Gasteiger partial charge in [0.05, 0.1) is 16.4 Å². The lowest BCUT2D eigenvalue weighted by Gasteiger charge is -2.27. The molecule has 1 atom stereocenters. The summed E-state index contributed by atoms with van der Waals surface area (Å²) in [5.74, 6) is 0.0116. The molecule has 2 aliphatic rings. The fourth-order valence-corrected chi connectivity index (χ4v) is 7.79. The topological polar surface area (TPSA) is 71.5 Å². The van der Waals surface area contributed by atoms with Crippen molar-refractivity contribution in [1.29, 1.82) is 0 Å². The first kappa shape index (κ1) is 16.4. The van der Waals surface area contributed by atoms with Crippen LogP contribution in [0.25, 0.3) is 0 Å². The molecule has 1 saturated carbocycles. The summed E-state index contributed by atoms with van der Waals surface area (Å²) >= 11 is 3.33. The van der Waals surface area contributed by atoms with Gasteiger partial charge in [-0.3, -0.25) is 0 Å². The lowest BCUT2D eigenvalue weighted by Crippen LogP contribution is -2.42. The third-order valence-corrected chi connectivity index (χ3v) is 8.85. The molecule has 1 heterocycles. The molecule has 1 aromatic carbocycles. The molecule has 5 nitrogen and oxygen atoms in total. The van der Waals surface area contributed by atoms with Crippen LogP contribution in [-0.2, 0) is 19.9 Å². The SMILES string of the molecule is Cc1ccc(S(=O)(=O)N(C2CC2)[C@@H]2CCS(=O)(=O)C2)c(Br)c1. The van der Waals surface area contributed by atoms with E-state index < -0.39 is 25.9 Å². The second-order valence-electron chi connectivity index (χ2n) is 6.06. The molecule has 0 bridgehead atoms. The minimum absolute atomic E-state index is 0.0588. The zero-order valence-electron chi connectivity index (χ0n) is 12.2. The van der Waals surface area contributed by atoms with E-state index in [1.807, 2.05) is 6.92 Å². The van der Waals surface area contributed by atoms with E-state index in [9.17, 15) is 16.8 Å². The maximum absolute atomic E-state index is 13.0. The first-order chi connectivity index (χ1) is 10.2. The van der Waals surface area contributed by atoms with Crippen molar-refractivity contribution in [1.82, 2.24) is 4.31 Å². The third kappa shape index (κ3) is 3.11. The smallest absolute Gasteiger partial charge is 0.229 e. The fraction of sp³-hybridized carbons (Fsp3) is 0.571. The molecule has 1 aromatic rings. The van der Waals surface area contributed by atoms with Crippen LogP contribution in [0, 0.1) is 6.92 Å². The number of aryl methyl sites for hydroxylation is 1. The van der Waals surface area contributed by atoms with Crippen molar-refractivity contribution in [2.45, 2.75) is 43.2 Å². The van der Waals surface area contributed by atoms with Crippen LogP contribution >= 0.6 is 15.9 Å². The van der Waals surface area contributed by atoms with Crippen molar-refractivity contribution in [3.63, 3.8) is 0 Å². The maximum Gasteiger partial charge on any atom is 0.244 e. The molecule has 1 saturated heterocycles. The minimum atomic E-state index is -3.70. The molecule has 0 unspecified atom stereocenters. The molecule has 1 aliphatic carbocycles. The first-order valence-electron chi connectivity index (χ1n) is 7.21. The van der Waals surface area contributed by atoms with Crippen LogP contribution in [0.4, 0.5) is 0 Å². The Hall–Kier alpha value is -0.440. The molecule has 1 aliphatic heterocycles. The minimum Gasteiger partial charge on any atom is -0.229 e. The second kappa shape index (κ2) is 5.58. The van der Waals surface area contributed by atoms with Crippen molar-refractivity contribution in [3.8, 4) is 0 Å². The summed E-state index contributed by atoms with van der Waals surface area (Å²) in [6.45, 7) is 1.89. The Kier molecular flexibility index (Phi) is 4.16. The van der Waals surface area contributed by atoms with E-state index in [0.717, 1.165) is 18.4 Å². The molecule has 22 heavy (non-hydrogen) atoms. The van der Waals surface area contributed by atoms with Crippen molar-refractivity contribution in [3.05, 3.63) is 28.2 Å². The van der Waals surface area contributed by atoms with Gasteiger partial charge in [0.2, 0.25) is 10.0 Å². The quantitative estimate of drug-likeness (QED) is 0.765. The molecule has 8 heteroatoms. The maximum atomic E-state index is 13.0. The van der Waals surface area contributed by atoms with Gasteiger partial charge in [0.25, 0.3) is 0 Å². The zero-order valence-corrected chi connectivity index (χ0v) is 15.4. The number of benzene rings is 1. The van der Waals surface area contributed by atoms with Gasteiger partial charge < -0.3 is 0 Å². The van der Waals surface area contributed by atoms with Crippen molar-refractivity contribution in [2.75, 3.05) is 11.5 Å². The Morgan fingerprint density at radius 1 is 1.18 bits per heavy atom. The summed E-state index contributed by atoms with van der Waals surface area (Å²) in [4.78, 5) is 0.217. The monoisotopic (exact) mass is 407 g/mol. The molecule has 3 rings (SSSR count). The summed E-state index contributed by atoms with van der Waals surface area (Å²) in [6, 6.07) is 4.62. The Bertz CT molecular complexity index is 800. The molecule has 0 spiro atoms.